The smallest absolute Gasteiger partial charge is 0.418 e. The molecule has 0 spiro atoms. The second kappa shape index (κ2) is 6.27. The van der Waals surface area contributed by atoms with Crippen LogP contribution in [0.15, 0.2) is 36.4 Å². The second-order valence-electron chi connectivity index (χ2n) is 3.82. The SMILES string of the molecule is Nc1cc(O[PH](=O)Oc2ccc(Cl)c(N)c2)ccc1Cl. The zero-order valence-corrected chi connectivity index (χ0v) is 12.6. The van der Waals surface area contributed by atoms with Crippen molar-refractivity contribution in [3.05, 3.63) is 46.4 Å². The van der Waals surface area contributed by atoms with Crippen LogP contribution in [0.1, 0.15) is 0 Å². The number of halogens is 2. The molecule has 0 aliphatic rings. The molecule has 0 atom stereocenters. The molecule has 0 fully saturated rings. The maximum Gasteiger partial charge on any atom is 0.418 e. The Bertz CT molecular complexity index is 612. The quantitative estimate of drug-likeness (QED) is 0.652. The number of benzene rings is 2. The number of nitrogen functional groups attached to an aromatic ring is 2. The summed E-state index contributed by atoms with van der Waals surface area (Å²) >= 11 is 11.5. The summed E-state index contributed by atoms with van der Waals surface area (Å²) in [5.74, 6) is 0.607. The Morgan fingerprint density at radius 2 is 1.25 bits per heavy atom. The highest BCUT2D eigenvalue weighted by molar-refractivity contribution is 7.34. The molecule has 2 aromatic carbocycles. The zero-order valence-electron chi connectivity index (χ0n) is 10.1. The van der Waals surface area contributed by atoms with Gasteiger partial charge in [-0.3, -0.25) is 0 Å². The fourth-order valence-electron chi connectivity index (χ4n) is 1.38. The van der Waals surface area contributed by atoms with E-state index in [0.29, 0.717) is 32.9 Å². The van der Waals surface area contributed by atoms with E-state index in [1.54, 1.807) is 24.3 Å². The van der Waals surface area contributed by atoms with Gasteiger partial charge in [-0.05, 0) is 24.3 Å². The molecular weight excluding hydrogens is 322 g/mol. The molecule has 0 saturated carbocycles. The summed E-state index contributed by atoms with van der Waals surface area (Å²) in [6, 6.07) is 9.10. The first-order valence-corrected chi connectivity index (χ1v) is 7.43. The number of hydrogen-bond acceptors (Lipinski definition) is 5. The molecule has 0 bridgehead atoms. The number of nitrogens with two attached hydrogens (primary N) is 2. The highest BCUT2D eigenvalue weighted by atomic mass is 35.5. The molecule has 4 N–H and O–H groups in total. The maximum atomic E-state index is 11.8. The monoisotopic (exact) mass is 332 g/mol. The third-order valence-corrected chi connectivity index (χ3v) is 3.83. The topological polar surface area (TPSA) is 87.6 Å². The third kappa shape index (κ3) is 3.73. The molecule has 106 valence electrons. The molecule has 0 saturated heterocycles. The highest BCUT2D eigenvalue weighted by Gasteiger charge is 2.07. The summed E-state index contributed by atoms with van der Waals surface area (Å²) in [7, 11) is -2.80. The molecule has 0 aliphatic carbocycles. The van der Waals surface area contributed by atoms with Gasteiger partial charge in [-0.25, -0.2) is 4.57 Å². The van der Waals surface area contributed by atoms with Gasteiger partial charge in [0.1, 0.15) is 11.5 Å². The van der Waals surface area contributed by atoms with Crippen molar-refractivity contribution < 1.29 is 13.6 Å². The van der Waals surface area contributed by atoms with Crippen LogP contribution in [0.4, 0.5) is 11.4 Å². The summed E-state index contributed by atoms with van der Waals surface area (Å²) < 4.78 is 22.0. The van der Waals surface area contributed by atoms with Gasteiger partial charge in [-0.1, -0.05) is 23.2 Å². The molecule has 20 heavy (non-hydrogen) atoms. The summed E-state index contributed by atoms with van der Waals surface area (Å²) in [6.07, 6.45) is 0. The lowest BCUT2D eigenvalue weighted by atomic mass is 10.3. The molecular formula is C12H11Cl2N2O3P. The van der Waals surface area contributed by atoms with E-state index in [1.807, 2.05) is 0 Å². The third-order valence-electron chi connectivity index (χ3n) is 2.34. The van der Waals surface area contributed by atoms with Crippen LogP contribution in [0, 0.1) is 0 Å². The summed E-state index contributed by atoms with van der Waals surface area (Å²) in [4.78, 5) is 0. The van der Waals surface area contributed by atoms with E-state index in [0.717, 1.165) is 0 Å². The van der Waals surface area contributed by atoms with Crippen molar-refractivity contribution in [1.82, 2.24) is 0 Å². The normalized spacial score (nSPS) is 10.6. The Hall–Kier alpha value is -1.55. The van der Waals surface area contributed by atoms with Crippen LogP contribution in [-0.4, -0.2) is 0 Å². The Kier molecular flexibility index (Phi) is 4.65. The Morgan fingerprint density at radius 3 is 1.60 bits per heavy atom. The van der Waals surface area contributed by atoms with Crippen molar-refractivity contribution in [3.8, 4) is 11.5 Å². The molecule has 5 nitrogen and oxygen atoms in total. The van der Waals surface area contributed by atoms with Crippen LogP contribution < -0.4 is 20.5 Å². The average molecular weight is 333 g/mol. The summed E-state index contributed by atoms with van der Waals surface area (Å²) in [5, 5.41) is 0.784. The Morgan fingerprint density at radius 1 is 0.850 bits per heavy atom. The minimum atomic E-state index is -2.80. The average Bonchev–Trinajstić information content (AvgIpc) is 2.38. The van der Waals surface area contributed by atoms with E-state index >= 15 is 0 Å². The molecule has 0 aliphatic heterocycles. The van der Waals surface area contributed by atoms with Crippen LogP contribution in [0.5, 0.6) is 11.5 Å². The lowest BCUT2D eigenvalue weighted by Gasteiger charge is -2.09. The Labute approximate surface area is 126 Å². The largest absolute Gasteiger partial charge is 0.418 e. The van der Waals surface area contributed by atoms with Crippen molar-refractivity contribution in [2.45, 2.75) is 0 Å². The first-order chi connectivity index (χ1) is 9.45. The first-order valence-electron chi connectivity index (χ1n) is 5.45. The van der Waals surface area contributed by atoms with E-state index in [4.69, 9.17) is 43.7 Å². The Balaban J connectivity index is 2.04. The predicted molar refractivity (Wildman–Crippen MR) is 82.0 cm³/mol. The van der Waals surface area contributed by atoms with Gasteiger partial charge in [0, 0.05) is 12.1 Å². The standard InChI is InChI=1S/C12H11Cl2N2O3P/c13-9-3-1-7(5-11(9)15)18-20(17)19-8-2-4-10(14)12(16)6-8/h1-6,20H,15-16H2. The first kappa shape index (κ1) is 14.9. The van der Waals surface area contributed by atoms with E-state index < -0.39 is 8.25 Å². The van der Waals surface area contributed by atoms with Gasteiger partial charge in [-0.15, -0.1) is 0 Å². The zero-order chi connectivity index (χ0) is 14.7. The number of rotatable bonds is 4. The van der Waals surface area contributed by atoms with E-state index in [2.05, 4.69) is 0 Å². The fraction of sp³-hybridized carbons (Fsp3) is 0. The number of anilines is 2. The van der Waals surface area contributed by atoms with Crippen LogP contribution in [0.2, 0.25) is 10.0 Å². The molecule has 2 rings (SSSR count). The van der Waals surface area contributed by atoms with Gasteiger partial charge in [0.2, 0.25) is 0 Å². The van der Waals surface area contributed by atoms with Gasteiger partial charge < -0.3 is 20.5 Å². The summed E-state index contributed by atoms with van der Waals surface area (Å²) in [6.45, 7) is 0. The van der Waals surface area contributed by atoms with Crippen molar-refractivity contribution >= 4 is 42.8 Å². The van der Waals surface area contributed by atoms with Gasteiger partial charge in [0.25, 0.3) is 0 Å². The van der Waals surface area contributed by atoms with Gasteiger partial charge >= 0.3 is 8.25 Å². The maximum absolute atomic E-state index is 11.8. The van der Waals surface area contributed by atoms with Crippen LogP contribution in [0.25, 0.3) is 0 Å². The van der Waals surface area contributed by atoms with E-state index in [9.17, 15) is 4.57 Å². The van der Waals surface area contributed by atoms with E-state index in [1.165, 1.54) is 12.1 Å². The van der Waals surface area contributed by atoms with Crippen molar-refractivity contribution in [2.24, 2.45) is 0 Å². The minimum Gasteiger partial charge on any atom is -0.418 e. The van der Waals surface area contributed by atoms with Crippen molar-refractivity contribution in [2.75, 3.05) is 11.5 Å². The lowest BCUT2D eigenvalue weighted by Crippen LogP contribution is -1.92. The second-order valence-corrected chi connectivity index (χ2v) is 5.54. The summed E-state index contributed by atoms with van der Waals surface area (Å²) in [5.41, 5.74) is 11.9. The minimum absolute atomic E-state index is 0.303. The molecule has 0 amide bonds. The molecule has 0 unspecified atom stereocenters. The lowest BCUT2D eigenvalue weighted by molar-refractivity contribution is 0.416. The van der Waals surface area contributed by atoms with Crippen molar-refractivity contribution in [3.63, 3.8) is 0 Å². The highest BCUT2D eigenvalue weighted by Crippen LogP contribution is 2.34. The molecule has 0 radical (unpaired) electrons. The van der Waals surface area contributed by atoms with Gasteiger partial charge in [0.05, 0.1) is 21.4 Å². The fourth-order valence-corrected chi connectivity index (χ4v) is 2.30. The predicted octanol–water partition coefficient (Wildman–Crippen LogP) is 4.01. The van der Waals surface area contributed by atoms with Crippen LogP contribution in [-0.2, 0) is 4.57 Å². The number of hydrogen-bond donors (Lipinski definition) is 2. The van der Waals surface area contributed by atoms with Crippen molar-refractivity contribution in [1.29, 1.82) is 0 Å². The molecule has 8 heteroatoms. The van der Waals surface area contributed by atoms with Crippen LogP contribution >= 0.6 is 31.5 Å². The molecule has 2 aromatic rings. The molecule has 0 aromatic heterocycles. The van der Waals surface area contributed by atoms with Gasteiger partial charge in [-0.2, -0.15) is 0 Å². The van der Waals surface area contributed by atoms with E-state index in [-0.39, 0.29) is 0 Å². The van der Waals surface area contributed by atoms with Crippen LogP contribution in [0.3, 0.4) is 0 Å². The molecule has 0 heterocycles. The van der Waals surface area contributed by atoms with Gasteiger partial charge in [0.15, 0.2) is 0 Å².